The molecule has 14 nitrogen and oxygen atoms in total. The van der Waals surface area contributed by atoms with E-state index in [-0.39, 0.29) is 31.4 Å². The molecule has 0 bridgehead atoms. The summed E-state index contributed by atoms with van der Waals surface area (Å²) in [5, 5.41) is 28.1. The van der Waals surface area contributed by atoms with E-state index in [0.717, 1.165) is 50.5 Å². The summed E-state index contributed by atoms with van der Waals surface area (Å²) in [6, 6.07) is 4.94. The Bertz CT molecular complexity index is 1770. The maximum Gasteiger partial charge on any atom is 0.408 e. The van der Waals surface area contributed by atoms with Gasteiger partial charge in [-0.3, -0.25) is 9.59 Å². The number of alkyl carbamates (subject to hydrolysis) is 1. The highest BCUT2D eigenvalue weighted by atomic mass is 32.1. The lowest BCUT2D eigenvalue weighted by Crippen LogP contribution is -2.56. The number of carboxylic acid groups (broad SMARTS) is 1. The third kappa shape index (κ3) is 7.34. The molecule has 0 radical (unpaired) electrons. The summed E-state index contributed by atoms with van der Waals surface area (Å²) < 4.78 is 11.0. The van der Waals surface area contributed by atoms with Crippen molar-refractivity contribution in [3.8, 4) is 27.7 Å². The lowest BCUT2D eigenvalue weighted by Gasteiger charge is -2.29. The standard InChI is InChI=1S/C36H43N7O7S/c1-49-25-15-13-22(14-16-25)29-30(32-37-17-18-51-32)41-43(40-29)24-19-28-31(44)39-36(34(46)47)20-23(36)9-5-3-2-4-6-12-27(33(45)42(28)21-24)38-35(48)50-26-10-7-8-11-26/h5,9,13-18,23-24,26-28H,2-4,6-8,10-12,19-21H2,1H3,(H,38,48)(H,39,44)(H,46,47)/b9-5-/t23-,24-,27-,28+,36+/m1/s1. The van der Waals surface area contributed by atoms with Gasteiger partial charge in [-0.25, -0.2) is 14.6 Å². The SMILES string of the molecule is COc1ccc(-c2nn([C@@H]3C[C@H]4C(=O)N[C@@]5(C(=O)O)C[C@H]5/C=C\CCCCC[C@@H](NC(=O)OC5CCCC5)C(=O)N4C3)nc2-c2nccs2)cc1. The molecule has 15 heteroatoms. The van der Waals surface area contributed by atoms with Gasteiger partial charge in [-0.1, -0.05) is 25.0 Å². The van der Waals surface area contributed by atoms with Crippen LogP contribution in [0.3, 0.4) is 0 Å². The van der Waals surface area contributed by atoms with Gasteiger partial charge in [0.2, 0.25) is 11.8 Å². The molecule has 1 saturated heterocycles. The number of thiazole rings is 1. The zero-order valence-corrected chi connectivity index (χ0v) is 29.3. The topological polar surface area (TPSA) is 178 Å². The molecule has 4 heterocycles. The van der Waals surface area contributed by atoms with Gasteiger partial charge >= 0.3 is 12.1 Å². The zero-order valence-electron chi connectivity index (χ0n) is 28.5. The quantitative estimate of drug-likeness (QED) is 0.290. The van der Waals surface area contributed by atoms with E-state index in [1.54, 1.807) is 13.3 Å². The van der Waals surface area contributed by atoms with Crippen LogP contribution in [0.5, 0.6) is 5.75 Å². The number of benzene rings is 1. The number of hydrogen-bond acceptors (Lipinski definition) is 10. The molecule has 3 amide bonds. The maximum absolute atomic E-state index is 14.5. The Labute approximate surface area is 299 Å². The summed E-state index contributed by atoms with van der Waals surface area (Å²) in [6.45, 7) is 0.0736. The number of aliphatic carboxylic acids is 1. The smallest absolute Gasteiger partial charge is 0.408 e. The maximum atomic E-state index is 14.5. The van der Waals surface area contributed by atoms with Crippen molar-refractivity contribution in [2.24, 2.45) is 5.92 Å². The van der Waals surface area contributed by atoms with Gasteiger partial charge in [0.15, 0.2) is 0 Å². The van der Waals surface area contributed by atoms with E-state index in [0.29, 0.717) is 35.0 Å². The fourth-order valence-corrected chi connectivity index (χ4v) is 8.11. The van der Waals surface area contributed by atoms with E-state index in [1.165, 1.54) is 21.0 Å². The molecular formula is C36H43N7O7S. The molecule has 3 fully saturated rings. The van der Waals surface area contributed by atoms with Crippen LogP contribution in [-0.4, -0.2) is 91.2 Å². The summed E-state index contributed by atoms with van der Waals surface area (Å²) in [7, 11) is 1.60. The molecule has 270 valence electrons. The molecule has 2 saturated carbocycles. The third-order valence-electron chi connectivity index (χ3n) is 10.5. The van der Waals surface area contributed by atoms with Crippen molar-refractivity contribution in [3.63, 3.8) is 0 Å². The lowest BCUT2D eigenvalue weighted by molar-refractivity contribution is -0.145. The van der Waals surface area contributed by atoms with Crippen molar-refractivity contribution in [3.05, 3.63) is 48.0 Å². The van der Waals surface area contributed by atoms with Crippen LogP contribution in [0.4, 0.5) is 4.79 Å². The first kappa shape index (κ1) is 34.6. The second kappa shape index (κ2) is 14.8. The average molecular weight is 718 g/mol. The molecular weight excluding hydrogens is 675 g/mol. The van der Waals surface area contributed by atoms with Crippen LogP contribution in [0.25, 0.3) is 22.0 Å². The monoisotopic (exact) mass is 717 g/mol. The molecule has 0 unspecified atom stereocenters. The van der Waals surface area contributed by atoms with Crippen molar-refractivity contribution >= 4 is 35.2 Å². The minimum Gasteiger partial charge on any atom is -0.497 e. The second-order valence-corrected chi connectivity index (χ2v) is 14.7. The second-order valence-electron chi connectivity index (χ2n) is 13.8. The number of carbonyl (C=O) groups excluding carboxylic acids is 3. The fourth-order valence-electron chi connectivity index (χ4n) is 7.49. The van der Waals surface area contributed by atoms with Gasteiger partial charge in [-0.15, -0.1) is 16.4 Å². The number of allylic oxidation sites excluding steroid dienone is 1. The van der Waals surface area contributed by atoms with Crippen LogP contribution in [0.15, 0.2) is 48.0 Å². The Morgan fingerprint density at radius 3 is 2.53 bits per heavy atom. The highest BCUT2D eigenvalue weighted by molar-refractivity contribution is 7.13. The van der Waals surface area contributed by atoms with Gasteiger partial charge < -0.3 is 30.1 Å². The Kier molecular flexibility index (Phi) is 10.1. The minimum atomic E-state index is -1.44. The fraction of sp³-hybridized carbons (Fsp3) is 0.528. The number of fused-ring (bicyclic) bond motifs is 2. The van der Waals surface area contributed by atoms with Crippen LogP contribution >= 0.6 is 11.3 Å². The molecule has 5 atom stereocenters. The number of nitrogens with one attached hydrogen (secondary N) is 2. The van der Waals surface area contributed by atoms with Crippen LogP contribution in [0, 0.1) is 5.92 Å². The van der Waals surface area contributed by atoms with Crippen LogP contribution in [-0.2, 0) is 19.1 Å². The molecule has 3 aromatic rings. The van der Waals surface area contributed by atoms with Gasteiger partial charge in [0.25, 0.3) is 0 Å². The Morgan fingerprint density at radius 1 is 1.04 bits per heavy atom. The summed E-state index contributed by atoms with van der Waals surface area (Å²) in [4.78, 5) is 61.7. The lowest BCUT2D eigenvalue weighted by atomic mass is 10.0. The molecule has 51 heavy (non-hydrogen) atoms. The first-order valence-electron chi connectivity index (χ1n) is 17.8. The summed E-state index contributed by atoms with van der Waals surface area (Å²) in [5.41, 5.74) is 0.490. The van der Waals surface area contributed by atoms with E-state index in [2.05, 4.69) is 15.6 Å². The number of rotatable bonds is 7. The highest BCUT2D eigenvalue weighted by Crippen LogP contribution is 2.46. The number of nitrogens with zero attached hydrogens (tertiary/aromatic N) is 5. The number of aromatic nitrogens is 4. The normalized spacial score (nSPS) is 27.7. The van der Waals surface area contributed by atoms with Gasteiger partial charge in [0.05, 0.1) is 13.2 Å². The Morgan fingerprint density at radius 2 is 1.80 bits per heavy atom. The molecule has 1 aromatic carbocycles. The van der Waals surface area contributed by atoms with E-state index in [1.807, 2.05) is 41.8 Å². The van der Waals surface area contributed by atoms with Crippen LogP contribution in [0.2, 0.25) is 0 Å². The average Bonchev–Trinajstić information content (AvgIpc) is 3.77. The molecule has 3 N–H and O–H groups in total. The number of carboxylic acids is 1. The molecule has 2 aliphatic heterocycles. The predicted octanol–water partition coefficient (Wildman–Crippen LogP) is 4.74. The highest BCUT2D eigenvalue weighted by Gasteiger charge is 2.61. The van der Waals surface area contributed by atoms with Crippen LogP contribution in [0.1, 0.15) is 76.7 Å². The van der Waals surface area contributed by atoms with Crippen molar-refractivity contribution in [2.75, 3.05) is 13.7 Å². The Hall–Kier alpha value is -4.79. The summed E-state index contributed by atoms with van der Waals surface area (Å²) in [6.07, 6.45) is 12.2. The summed E-state index contributed by atoms with van der Waals surface area (Å²) >= 11 is 1.42. The van der Waals surface area contributed by atoms with E-state index in [9.17, 15) is 24.3 Å². The zero-order chi connectivity index (χ0) is 35.5. The minimum absolute atomic E-state index is 0.0736. The first-order valence-corrected chi connectivity index (χ1v) is 18.6. The van der Waals surface area contributed by atoms with Crippen LogP contribution < -0.4 is 15.4 Å². The van der Waals surface area contributed by atoms with E-state index >= 15 is 0 Å². The largest absolute Gasteiger partial charge is 0.497 e. The van der Waals surface area contributed by atoms with Gasteiger partial charge in [-0.05, 0) is 75.6 Å². The van der Waals surface area contributed by atoms with E-state index in [4.69, 9.17) is 19.7 Å². The third-order valence-corrected chi connectivity index (χ3v) is 11.2. The molecule has 2 aliphatic carbocycles. The number of amides is 3. The van der Waals surface area contributed by atoms with Crippen molar-refractivity contribution in [1.29, 1.82) is 0 Å². The van der Waals surface area contributed by atoms with Crippen molar-refractivity contribution < 1.29 is 33.8 Å². The first-order chi connectivity index (χ1) is 24.8. The molecule has 2 aromatic heterocycles. The van der Waals surface area contributed by atoms with Crippen molar-refractivity contribution in [2.45, 2.75) is 100 Å². The van der Waals surface area contributed by atoms with Gasteiger partial charge in [0.1, 0.15) is 45.9 Å². The van der Waals surface area contributed by atoms with Gasteiger partial charge in [0, 0.05) is 36.0 Å². The van der Waals surface area contributed by atoms with Crippen molar-refractivity contribution in [1.82, 2.24) is 35.5 Å². The number of hydrogen-bond donors (Lipinski definition) is 3. The predicted molar refractivity (Wildman–Crippen MR) is 187 cm³/mol. The van der Waals surface area contributed by atoms with E-state index < -0.39 is 47.5 Å². The number of carbonyl (C=O) groups is 4. The molecule has 4 aliphatic rings. The number of methoxy groups -OCH3 is 1. The molecule has 7 rings (SSSR count). The number of ether oxygens (including phenoxy) is 2. The Balaban J connectivity index is 1.21. The summed E-state index contributed by atoms with van der Waals surface area (Å²) in [5.74, 6) is -1.75. The molecule has 0 spiro atoms. The van der Waals surface area contributed by atoms with Gasteiger partial charge in [-0.2, -0.15) is 9.90 Å².